The summed E-state index contributed by atoms with van der Waals surface area (Å²) < 4.78 is 12.4. The highest BCUT2D eigenvalue weighted by Gasteiger charge is 2.25. The lowest BCUT2D eigenvalue weighted by molar-refractivity contribution is -0.137. The molecule has 1 fully saturated rings. The molecule has 2 aliphatic rings. The number of fused-ring (bicyclic) bond motifs is 1. The summed E-state index contributed by atoms with van der Waals surface area (Å²) in [4.78, 5) is 13.4. The molecule has 0 unspecified atom stereocenters. The number of ether oxygens (including phenoxy) is 2. The van der Waals surface area contributed by atoms with Crippen molar-refractivity contribution in [1.29, 1.82) is 0 Å². The average Bonchev–Trinajstić information content (AvgIpc) is 3.23. The minimum Gasteiger partial charge on any atom is -0.480 e. The van der Waals surface area contributed by atoms with E-state index in [4.69, 9.17) is 14.6 Å². The summed E-state index contributed by atoms with van der Waals surface area (Å²) in [5, 5.41) is 13.2. The van der Waals surface area contributed by atoms with Crippen molar-refractivity contribution in [2.24, 2.45) is 0 Å². The molecule has 1 atom stereocenters. The number of hydrogen-bond acceptors (Lipinski definition) is 5. The monoisotopic (exact) mass is 343 g/mol. The Morgan fingerprint density at radius 2 is 2.16 bits per heavy atom. The number of likely N-dealkylation sites (tertiary alicyclic amines) is 1. The molecule has 0 bridgehead atoms. The van der Waals surface area contributed by atoms with Gasteiger partial charge in [0.05, 0.1) is 0 Å². The van der Waals surface area contributed by atoms with Crippen molar-refractivity contribution in [1.82, 2.24) is 14.7 Å². The molecular formula is C18H21N3O4. The van der Waals surface area contributed by atoms with Crippen LogP contribution < -0.4 is 9.47 Å². The van der Waals surface area contributed by atoms with Crippen LogP contribution in [0.25, 0.3) is 0 Å². The molecule has 0 amide bonds. The van der Waals surface area contributed by atoms with Gasteiger partial charge in [0.1, 0.15) is 6.54 Å². The molecule has 1 N–H and O–H groups in total. The highest BCUT2D eigenvalue weighted by Crippen LogP contribution is 2.33. The van der Waals surface area contributed by atoms with Gasteiger partial charge in [-0.25, -0.2) is 0 Å². The van der Waals surface area contributed by atoms with Gasteiger partial charge in [-0.1, -0.05) is 6.07 Å². The van der Waals surface area contributed by atoms with Crippen LogP contribution >= 0.6 is 0 Å². The fraction of sp³-hybridized carbons (Fsp3) is 0.444. The molecule has 7 heteroatoms. The normalized spacial score (nSPS) is 19.9. The molecule has 0 radical (unpaired) electrons. The van der Waals surface area contributed by atoms with Gasteiger partial charge in [0, 0.05) is 30.9 Å². The maximum Gasteiger partial charge on any atom is 0.325 e. The largest absolute Gasteiger partial charge is 0.480 e. The molecule has 7 nitrogen and oxygen atoms in total. The van der Waals surface area contributed by atoms with Crippen LogP contribution in [0.4, 0.5) is 0 Å². The van der Waals surface area contributed by atoms with Gasteiger partial charge >= 0.3 is 5.97 Å². The molecule has 132 valence electrons. The van der Waals surface area contributed by atoms with Crippen molar-refractivity contribution in [3.05, 3.63) is 41.7 Å². The SMILES string of the molecule is O=C(O)Cn1nccc1[C@@H]1CCCN(Cc2ccc3c(c2)OCO3)C1. The fourth-order valence-electron chi connectivity index (χ4n) is 3.69. The van der Waals surface area contributed by atoms with Crippen LogP contribution in [0.5, 0.6) is 11.5 Å². The summed E-state index contributed by atoms with van der Waals surface area (Å²) in [6.07, 6.45) is 3.84. The van der Waals surface area contributed by atoms with E-state index in [0.29, 0.717) is 5.92 Å². The third-order valence-corrected chi connectivity index (χ3v) is 4.80. The number of nitrogens with zero attached hydrogens (tertiary/aromatic N) is 3. The van der Waals surface area contributed by atoms with Crippen LogP contribution in [0.3, 0.4) is 0 Å². The molecule has 1 saturated heterocycles. The molecule has 1 aromatic heterocycles. The van der Waals surface area contributed by atoms with Crippen LogP contribution in [0.2, 0.25) is 0 Å². The highest BCUT2D eigenvalue weighted by atomic mass is 16.7. The van der Waals surface area contributed by atoms with Gasteiger partial charge in [-0.2, -0.15) is 5.10 Å². The number of carboxylic acids is 1. The minimum absolute atomic E-state index is 0.0823. The molecule has 2 aliphatic heterocycles. The number of rotatable bonds is 5. The maximum atomic E-state index is 11.0. The Balaban J connectivity index is 1.44. The van der Waals surface area contributed by atoms with Gasteiger partial charge in [-0.3, -0.25) is 14.4 Å². The predicted octanol–water partition coefficient (Wildman–Crippen LogP) is 2.08. The Kier molecular flexibility index (Phi) is 4.31. The van der Waals surface area contributed by atoms with Crippen molar-refractivity contribution in [2.45, 2.75) is 31.8 Å². The summed E-state index contributed by atoms with van der Waals surface area (Å²) in [7, 11) is 0. The Hall–Kier alpha value is -2.54. The quantitative estimate of drug-likeness (QED) is 0.896. The zero-order chi connectivity index (χ0) is 17.2. The van der Waals surface area contributed by atoms with E-state index in [9.17, 15) is 4.79 Å². The van der Waals surface area contributed by atoms with Crippen molar-refractivity contribution >= 4 is 5.97 Å². The average molecular weight is 343 g/mol. The van der Waals surface area contributed by atoms with Crippen LogP contribution in [-0.2, 0) is 17.9 Å². The lowest BCUT2D eigenvalue weighted by Gasteiger charge is -2.33. The first-order valence-electron chi connectivity index (χ1n) is 8.53. The van der Waals surface area contributed by atoms with Crippen LogP contribution in [0, 0.1) is 0 Å². The zero-order valence-electron chi connectivity index (χ0n) is 13.9. The van der Waals surface area contributed by atoms with Gasteiger partial charge in [0.2, 0.25) is 6.79 Å². The maximum absolute atomic E-state index is 11.0. The number of hydrogen-bond donors (Lipinski definition) is 1. The third-order valence-electron chi connectivity index (χ3n) is 4.80. The molecule has 25 heavy (non-hydrogen) atoms. The summed E-state index contributed by atoms with van der Waals surface area (Å²) in [5.41, 5.74) is 2.21. The van der Waals surface area contributed by atoms with E-state index in [2.05, 4.69) is 16.1 Å². The highest BCUT2D eigenvalue weighted by molar-refractivity contribution is 5.66. The number of carboxylic acid groups (broad SMARTS) is 1. The van der Waals surface area contributed by atoms with E-state index in [1.807, 2.05) is 18.2 Å². The zero-order valence-corrected chi connectivity index (χ0v) is 13.9. The molecule has 0 spiro atoms. The standard InChI is InChI=1S/C18H21N3O4/c22-18(23)11-21-15(5-6-19-21)14-2-1-7-20(10-14)9-13-3-4-16-17(8-13)25-12-24-16/h3-6,8,14H,1-2,7,9-12H2,(H,22,23)/t14-/m1/s1. The van der Waals surface area contributed by atoms with Crippen LogP contribution in [-0.4, -0.2) is 45.6 Å². The van der Waals surface area contributed by atoms with Crippen molar-refractivity contribution in [2.75, 3.05) is 19.9 Å². The molecule has 0 saturated carbocycles. The first kappa shape index (κ1) is 16.0. The summed E-state index contributed by atoms with van der Waals surface area (Å²) in [5.74, 6) is 1.06. The first-order chi connectivity index (χ1) is 12.2. The number of aromatic nitrogens is 2. The molecular weight excluding hydrogens is 322 g/mol. The summed E-state index contributed by atoms with van der Waals surface area (Å²) >= 11 is 0. The molecule has 2 aromatic rings. The van der Waals surface area contributed by atoms with E-state index in [0.717, 1.165) is 49.7 Å². The van der Waals surface area contributed by atoms with E-state index in [-0.39, 0.29) is 13.3 Å². The Morgan fingerprint density at radius 1 is 1.28 bits per heavy atom. The number of aliphatic carboxylic acids is 1. The second kappa shape index (κ2) is 6.76. The van der Waals surface area contributed by atoms with Crippen LogP contribution in [0.1, 0.15) is 30.0 Å². The lowest BCUT2D eigenvalue weighted by Crippen LogP contribution is -2.35. The van der Waals surface area contributed by atoms with Gasteiger partial charge < -0.3 is 14.6 Å². The topological polar surface area (TPSA) is 76.8 Å². The summed E-state index contributed by atoms with van der Waals surface area (Å²) in [6, 6.07) is 8.02. The molecule has 4 rings (SSSR count). The van der Waals surface area contributed by atoms with E-state index < -0.39 is 5.97 Å². The van der Waals surface area contributed by atoms with E-state index in [1.165, 1.54) is 5.56 Å². The van der Waals surface area contributed by atoms with Crippen molar-refractivity contribution in [3.8, 4) is 11.5 Å². The predicted molar refractivity (Wildman–Crippen MR) is 89.7 cm³/mol. The third kappa shape index (κ3) is 3.46. The van der Waals surface area contributed by atoms with Crippen molar-refractivity contribution in [3.63, 3.8) is 0 Å². The second-order valence-electron chi connectivity index (χ2n) is 6.57. The number of carbonyl (C=O) groups is 1. The molecule has 1 aromatic carbocycles. The number of piperidine rings is 1. The summed E-state index contributed by atoms with van der Waals surface area (Å²) in [6.45, 7) is 3.00. The van der Waals surface area contributed by atoms with Gasteiger partial charge in [0.15, 0.2) is 11.5 Å². The number of benzene rings is 1. The Bertz CT molecular complexity index is 773. The first-order valence-corrected chi connectivity index (χ1v) is 8.53. The lowest BCUT2D eigenvalue weighted by atomic mass is 9.94. The van der Waals surface area contributed by atoms with Crippen molar-refractivity contribution < 1.29 is 19.4 Å². The second-order valence-corrected chi connectivity index (χ2v) is 6.57. The van der Waals surface area contributed by atoms with Gasteiger partial charge in [-0.05, 0) is 43.1 Å². The van der Waals surface area contributed by atoms with E-state index >= 15 is 0 Å². The molecule has 0 aliphatic carbocycles. The Labute approximate surface area is 145 Å². The molecule has 3 heterocycles. The van der Waals surface area contributed by atoms with Crippen LogP contribution in [0.15, 0.2) is 30.5 Å². The van der Waals surface area contributed by atoms with Gasteiger partial charge in [-0.15, -0.1) is 0 Å². The Morgan fingerprint density at radius 3 is 3.04 bits per heavy atom. The fourth-order valence-corrected chi connectivity index (χ4v) is 3.69. The smallest absolute Gasteiger partial charge is 0.325 e. The van der Waals surface area contributed by atoms with E-state index in [1.54, 1.807) is 10.9 Å². The minimum atomic E-state index is -0.863. The van der Waals surface area contributed by atoms with Gasteiger partial charge in [0.25, 0.3) is 0 Å².